The van der Waals surface area contributed by atoms with E-state index in [1.165, 1.54) is 16.9 Å². The molecule has 0 bridgehead atoms. The second-order valence-electron chi connectivity index (χ2n) is 5.56. The molecule has 6 heteroatoms. The van der Waals surface area contributed by atoms with Crippen LogP contribution in [0.3, 0.4) is 0 Å². The van der Waals surface area contributed by atoms with Gasteiger partial charge >= 0.3 is 6.03 Å². The van der Waals surface area contributed by atoms with Gasteiger partial charge in [0.15, 0.2) is 5.13 Å². The molecule has 0 atom stereocenters. The van der Waals surface area contributed by atoms with Crippen molar-refractivity contribution in [1.82, 2.24) is 4.98 Å². The zero-order valence-electron chi connectivity index (χ0n) is 14.0. The predicted octanol–water partition coefficient (Wildman–Crippen LogP) is 5.83. The molecule has 2 aromatic carbocycles. The molecule has 0 unspecified atom stereocenters. The average Bonchev–Trinajstić information content (AvgIpc) is 3.08. The second kappa shape index (κ2) is 7.68. The smallest absolute Gasteiger partial charge is 0.307 e. The molecule has 128 valence electrons. The third-order valence-electron chi connectivity index (χ3n) is 3.73. The third kappa shape index (κ3) is 4.18. The van der Waals surface area contributed by atoms with E-state index in [-0.39, 0.29) is 6.03 Å². The van der Waals surface area contributed by atoms with Gasteiger partial charge in [-0.3, -0.25) is 4.90 Å². The number of urea groups is 1. The number of rotatable bonds is 4. The number of aromatic nitrogens is 1. The number of halogens is 1. The molecule has 0 fully saturated rings. The molecule has 0 aliphatic carbocycles. The number of carbonyl (C=O) groups excluding carboxylic acids is 1. The topological polar surface area (TPSA) is 45.2 Å². The zero-order valence-corrected chi connectivity index (χ0v) is 15.6. The molecule has 1 N–H and O–H groups in total. The van der Waals surface area contributed by atoms with Crippen molar-refractivity contribution in [2.75, 3.05) is 16.8 Å². The largest absolute Gasteiger partial charge is 0.328 e. The lowest BCUT2D eigenvalue weighted by Crippen LogP contribution is -2.34. The quantitative estimate of drug-likeness (QED) is 0.627. The van der Waals surface area contributed by atoms with Crippen molar-refractivity contribution in [2.24, 2.45) is 0 Å². The summed E-state index contributed by atoms with van der Waals surface area (Å²) in [6.07, 6.45) is 0. The Labute approximate surface area is 156 Å². The Morgan fingerprint density at radius 2 is 1.84 bits per heavy atom. The number of anilines is 2. The van der Waals surface area contributed by atoms with Crippen LogP contribution < -0.4 is 10.2 Å². The Kier molecular flexibility index (Phi) is 5.36. The van der Waals surface area contributed by atoms with Crippen molar-refractivity contribution in [1.29, 1.82) is 0 Å². The Bertz CT molecular complexity index is 859. The van der Waals surface area contributed by atoms with Gasteiger partial charge in [-0.1, -0.05) is 41.4 Å². The summed E-state index contributed by atoms with van der Waals surface area (Å²) in [5.74, 6) is 0. The Morgan fingerprint density at radius 3 is 2.48 bits per heavy atom. The maximum atomic E-state index is 12.6. The van der Waals surface area contributed by atoms with E-state index in [4.69, 9.17) is 11.6 Å². The number of nitrogens with one attached hydrogen (secondary N) is 1. The highest BCUT2D eigenvalue weighted by Gasteiger charge is 2.18. The molecule has 0 spiro atoms. The van der Waals surface area contributed by atoms with Crippen LogP contribution >= 0.6 is 22.9 Å². The fourth-order valence-electron chi connectivity index (χ4n) is 2.34. The van der Waals surface area contributed by atoms with E-state index in [1.807, 2.05) is 24.4 Å². The lowest BCUT2D eigenvalue weighted by molar-refractivity contribution is 0.257. The molecule has 4 nitrogen and oxygen atoms in total. The SMILES string of the molecule is CCN(C(=O)Nc1ccc(Cl)cc1)c1nc(-c2ccc(C)cc2)cs1. The van der Waals surface area contributed by atoms with Gasteiger partial charge in [0, 0.05) is 28.2 Å². The molecule has 1 heterocycles. The molecule has 0 saturated heterocycles. The average molecular weight is 372 g/mol. The van der Waals surface area contributed by atoms with Gasteiger partial charge in [0.05, 0.1) is 5.69 Å². The van der Waals surface area contributed by atoms with Gasteiger partial charge < -0.3 is 5.32 Å². The van der Waals surface area contributed by atoms with Gasteiger partial charge in [0.1, 0.15) is 0 Å². The highest BCUT2D eigenvalue weighted by molar-refractivity contribution is 7.14. The maximum absolute atomic E-state index is 12.6. The van der Waals surface area contributed by atoms with Crippen LogP contribution in [-0.2, 0) is 0 Å². The van der Waals surface area contributed by atoms with Crippen LogP contribution in [0.1, 0.15) is 12.5 Å². The number of amides is 2. The normalized spacial score (nSPS) is 10.5. The van der Waals surface area contributed by atoms with Crippen molar-refractivity contribution in [3.8, 4) is 11.3 Å². The first kappa shape index (κ1) is 17.5. The van der Waals surface area contributed by atoms with E-state index in [2.05, 4.69) is 29.4 Å². The lowest BCUT2D eigenvalue weighted by atomic mass is 10.1. The molecule has 0 saturated carbocycles. The summed E-state index contributed by atoms with van der Waals surface area (Å²) in [6, 6.07) is 15.0. The highest BCUT2D eigenvalue weighted by atomic mass is 35.5. The molecule has 0 radical (unpaired) electrons. The summed E-state index contributed by atoms with van der Waals surface area (Å²) >= 11 is 7.33. The van der Waals surface area contributed by atoms with E-state index in [0.717, 1.165) is 11.3 Å². The van der Waals surface area contributed by atoms with Gasteiger partial charge in [-0.05, 0) is 38.1 Å². The zero-order chi connectivity index (χ0) is 17.8. The minimum Gasteiger partial charge on any atom is -0.307 e. The summed E-state index contributed by atoms with van der Waals surface area (Å²) in [6.45, 7) is 4.50. The van der Waals surface area contributed by atoms with Crippen LogP contribution in [0.4, 0.5) is 15.6 Å². The minimum atomic E-state index is -0.213. The number of thiazole rings is 1. The van der Waals surface area contributed by atoms with E-state index >= 15 is 0 Å². The fraction of sp³-hybridized carbons (Fsp3) is 0.158. The van der Waals surface area contributed by atoms with Crippen LogP contribution in [0.5, 0.6) is 0 Å². The third-order valence-corrected chi connectivity index (χ3v) is 4.84. The first-order valence-electron chi connectivity index (χ1n) is 7.93. The van der Waals surface area contributed by atoms with Crippen LogP contribution in [0, 0.1) is 6.92 Å². The number of aryl methyl sites for hydroxylation is 1. The summed E-state index contributed by atoms with van der Waals surface area (Å²) in [4.78, 5) is 18.8. The Morgan fingerprint density at radius 1 is 1.16 bits per heavy atom. The molecule has 0 aliphatic rings. The van der Waals surface area contributed by atoms with Crippen molar-refractivity contribution in [3.63, 3.8) is 0 Å². The number of nitrogens with zero attached hydrogens (tertiary/aromatic N) is 2. The van der Waals surface area contributed by atoms with Crippen molar-refractivity contribution in [2.45, 2.75) is 13.8 Å². The predicted molar refractivity (Wildman–Crippen MR) is 106 cm³/mol. The van der Waals surface area contributed by atoms with Crippen molar-refractivity contribution >= 4 is 39.8 Å². The number of carbonyl (C=O) groups is 1. The van der Waals surface area contributed by atoms with Crippen LogP contribution in [-0.4, -0.2) is 17.6 Å². The van der Waals surface area contributed by atoms with Crippen LogP contribution in [0.15, 0.2) is 53.9 Å². The van der Waals surface area contributed by atoms with Gasteiger partial charge in [0.2, 0.25) is 0 Å². The number of hydrogen-bond donors (Lipinski definition) is 1. The molecule has 3 rings (SSSR count). The molecule has 3 aromatic rings. The monoisotopic (exact) mass is 371 g/mol. The molecule has 1 aromatic heterocycles. The fourth-order valence-corrected chi connectivity index (χ4v) is 3.36. The van der Waals surface area contributed by atoms with E-state index in [0.29, 0.717) is 22.4 Å². The molecular formula is C19H18ClN3OS. The number of benzene rings is 2. The van der Waals surface area contributed by atoms with Gasteiger partial charge in [-0.25, -0.2) is 9.78 Å². The molecule has 0 aliphatic heterocycles. The highest BCUT2D eigenvalue weighted by Crippen LogP contribution is 2.28. The maximum Gasteiger partial charge on any atom is 0.328 e. The van der Waals surface area contributed by atoms with Crippen molar-refractivity contribution < 1.29 is 4.79 Å². The lowest BCUT2D eigenvalue weighted by Gasteiger charge is -2.18. The minimum absolute atomic E-state index is 0.213. The summed E-state index contributed by atoms with van der Waals surface area (Å²) in [5, 5.41) is 6.14. The van der Waals surface area contributed by atoms with E-state index < -0.39 is 0 Å². The van der Waals surface area contributed by atoms with E-state index in [1.54, 1.807) is 29.2 Å². The van der Waals surface area contributed by atoms with Crippen molar-refractivity contribution in [3.05, 3.63) is 64.5 Å². The Balaban J connectivity index is 1.77. The molecular weight excluding hydrogens is 354 g/mol. The second-order valence-corrected chi connectivity index (χ2v) is 6.84. The molecule has 25 heavy (non-hydrogen) atoms. The van der Waals surface area contributed by atoms with E-state index in [9.17, 15) is 4.79 Å². The summed E-state index contributed by atoms with van der Waals surface area (Å²) in [5.41, 5.74) is 3.82. The standard InChI is InChI=1S/C19H18ClN3OS/c1-3-23(18(24)21-16-10-8-15(20)9-11-16)19-22-17(12-25-19)14-6-4-13(2)5-7-14/h4-12H,3H2,1-2H3,(H,21,24). The van der Waals surface area contributed by atoms with Gasteiger partial charge in [0.25, 0.3) is 0 Å². The summed E-state index contributed by atoms with van der Waals surface area (Å²) < 4.78 is 0. The van der Waals surface area contributed by atoms with Crippen LogP contribution in [0.25, 0.3) is 11.3 Å². The summed E-state index contributed by atoms with van der Waals surface area (Å²) in [7, 11) is 0. The first-order chi connectivity index (χ1) is 12.1. The van der Waals surface area contributed by atoms with Gasteiger partial charge in [-0.15, -0.1) is 11.3 Å². The van der Waals surface area contributed by atoms with Crippen LogP contribution in [0.2, 0.25) is 5.02 Å². The Hall–Kier alpha value is -2.37. The first-order valence-corrected chi connectivity index (χ1v) is 9.19. The number of hydrogen-bond acceptors (Lipinski definition) is 3. The molecule has 2 amide bonds. The van der Waals surface area contributed by atoms with Gasteiger partial charge in [-0.2, -0.15) is 0 Å².